The maximum Gasteiger partial charge on any atom is 0.193 e. The molecule has 19 heavy (non-hydrogen) atoms. The highest BCUT2D eigenvalue weighted by Gasteiger charge is 2.15. The highest BCUT2D eigenvalue weighted by molar-refractivity contribution is 6.28. The molecule has 1 heterocycles. The molecule has 0 saturated heterocycles. The number of hydrogen-bond donors (Lipinski definition) is 1. The standard InChI is InChI=1S/C16H20ClNO/c1-3-10-18-14(15-8-9-16(17)19-15)11-13-6-4-12(2)5-7-13/h4-9,14,18H,3,10-11H2,1-2H3. The molecule has 0 saturated carbocycles. The van der Waals surface area contributed by atoms with Crippen molar-refractivity contribution in [3.8, 4) is 0 Å². The van der Waals surface area contributed by atoms with E-state index in [1.54, 1.807) is 6.07 Å². The fourth-order valence-corrected chi connectivity index (χ4v) is 2.22. The third kappa shape index (κ3) is 4.12. The van der Waals surface area contributed by atoms with Crippen LogP contribution in [0.2, 0.25) is 5.22 Å². The Kier molecular flexibility index (Phi) is 5.06. The zero-order chi connectivity index (χ0) is 13.7. The van der Waals surface area contributed by atoms with Crippen molar-refractivity contribution in [1.29, 1.82) is 0 Å². The van der Waals surface area contributed by atoms with Crippen molar-refractivity contribution < 1.29 is 4.42 Å². The van der Waals surface area contributed by atoms with E-state index in [4.69, 9.17) is 16.0 Å². The number of benzene rings is 1. The zero-order valence-electron chi connectivity index (χ0n) is 11.4. The van der Waals surface area contributed by atoms with E-state index in [2.05, 4.69) is 43.4 Å². The molecule has 0 aliphatic rings. The summed E-state index contributed by atoms with van der Waals surface area (Å²) in [6, 6.07) is 12.5. The Bertz CT molecular complexity index is 504. The van der Waals surface area contributed by atoms with Crippen LogP contribution in [0, 0.1) is 6.92 Å². The number of rotatable bonds is 6. The van der Waals surface area contributed by atoms with Crippen molar-refractivity contribution in [2.45, 2.75) is 32.7 Å². The number of halogens is 1. The molecule has 0 aliphatic carbocycles. The predicted molar refractivity (Wildman–Crippen MR) is 79.6 cm³/mol. The van der Waals surface area contributed by atoms with Crippen LogP contribution in [0.15, 0.2) is 40.8 Å². The highest BCUT2D eigenvalue weighted by Crippen LogP contribution is 2.23. The third-order valence-corrected chi connectivity index (χ3v) is 3.34. The minimum Gasteiger partial charge on any atom is -0.448 e. The number of furan rings is 1. The number of nitrogens with one attached hydrogen (secondary N) is 1. The molecule has 0 amide bonds. The van der Waals surface area contributed by atoms with E-state index in [0.717, 1.165) is 25.1 Å². The van der Waals surface area contributed by atoms with E-state index in [-0.39, 0.29) is 6.04 Å². The van der Waals surface area contributed by atoms with Crippen LogP contribution in [0.3, 0.4) is 0 Å². The summed E-state index contributed by atoms with van der Waals surface area (Å²) in [7, 11) is 0. The van der Waals surface area contributed by atoms with Gasteiger partial charge in [0.05, 0.1) is 6.04 Å². The Morgan fingerprint density at radius 1 is 1.16 bits per heavy atom. The van der Waals surface area contributed by atoms with Gasteiger partial charge < -0.3 is 9.73 Å². The lowest BCUT2D eigenvalue weighted by Crippen LogP contribution is -2.23. The Hall–Kier alpha value is -1.25. The van der Waals surface area contributed by atoms with Crippen LogP contribution in [-0.4, -0.2) is 6.54 Å². The van der Waals surface area contributed by atoms with Crippen LogP contribution in [0.5, 0.6) is 0 Å². The molecular formula is C16H20ClNO. The van der Waals surface area contributed by atoms with E-state index in [1.807, 2.05) is 6.07 Å². The molecule has 0 fully saturated rings. The van der Waals surface area contributed by atoms with Gasteiger partial charge in [-0.25, -0.2) is 0 Å². The topological polar surface area (TPSA) is 25.2 Å². The van der Waals surface area contributed by atoms with E-state index in [1.165, 1.54) is 11.1 Å². The van der Waals surface area contributed by atoms with Crippen LogP contribution in [0.4, 0.5) is 0 Å². The lowest BCUT2D eigenvalue weighted by Gasteiger charge is -2.16. The van der Waals surface area contributed by atoms with E-state index < -0.39 is 0 Å². The molecule has 0 spiro atoms. The van der Waals surface area contributed by atoms with Crippen LogP contribution in [0.25, 0.3) is 0 Å². The minimum absolute atomic E-state index is 0.176. The summed E-state index contributed by atoms with van der Waals surface area (Å²) in [4.78, 5) is 0. The molecule has 3 heteroatoms. The first-order chi connectivity index (χ1) is 9.19. The largest absolute Gasteiger partial charge is 0.448 e. The zero-order valence-corrected chi connectivity index (χ0v) is 12.2. The second kappa shape index (κ2) is 6.78. The van der Waals surface area contributed by atoms with Crippen LogP contribution < -0.4 is 5.32 Å². The SMILES string of the molecule is CCCNC(Cc1ccc(C)cc1)c1ccc(Cl)o1. The van der Waals surface area contributed by atoms with E-state index in [0.29, 0.717) is 5.22 Å². The van der Waals surface area contributed by atoms with Gasteiger partial charge in [0.25, 0.3) is 0 Å². The first-order valence-electron chi connectivity index (χ1n) is 6.73. The molecule has 0 radical (unpaired) electrons. The fourth-order valence-electron chi connectivity index (χ4n) is 2.07. The number of hydrogen-bond acceptors (Lipinski definition) is 2. The summed E-state index contributed by atoms with van der Waals surface area (Å²) in [6.07, 6.45) is 2.00. The smallest absolute Gasteiger partial charge is 0.193 e. The summed E-state index contributed by atoms with van der Waals surface area (Å²) in [5, 5.41) is 3.96. The fraction of sp³-hybridized carbons (Fsp3) is 0.375. The summed E-state index contributed by atoms with van der Waals surface area (Å²) in [6.45, 7) is 5.22. The van der Waals surface area contributed by atoms with Gasteiger partial charge in [-0.1, -0.05) is 36.8 Å². The van der Waals surface area contributed by atoms with Gasteiger partial charge in [0.15, 0.2) is 5.22 Å². The Morgan fingerprint density at radius 2 is 1.89 bits per heavy atom. The maximum atomic E-state index is 5.87. The highest BCUT2D eigenvalue weighted by atomic mass is 35.5. The molecular weight excluding hydrogens is 258 g/mol. The normalized spacial score (nSPS) is 12.6. The summed E-state index contributed by atoms with van der Waals surface area (Å²) < 4.78 is 5.54. The average Bonchev–Trinajstić information content (AvgIpc) is 2.83. The molecule has 0 bridgehead atoms. The van der Waals surface area contributed by atoms with Gasteiger partial charge in [0, 0.05) is 0 Å². The van der Waals surface area contributed by atoms with Crippen molar-refractivity contribution >= 4 is 11.6 Å². The monoisotopic (exact) mass is 277 g/mol. The average molecular weight is 278 g/mol. The maximum absolute atomic E-state index is 5.87. The molecule has 102 valence electrons. The Labute approximate surface area is 119 Å². The second-order valence-corrected chi connectivity index (χ2v) is 5.21. The number of aryl methyl sites for hydroxylation is 1. The molecule has 1 aromatic carbocycles. The van der Waals surface area contributed by atoms with Crippen molar-refractivity contribution in [3.63, 3.8) is 0 Å². The Morgan fingerprint density at radius 3 is 2.47 bits per heavy atom. The third-order valence-electron chi connectivity index (χ3n) is 3.14. The molecule has 2 rings (SSSR count). The van der Waals surface area contributed by atoms with E-state index >= 15 is 0 Å². The molecule has 2 aromatic rings. The molecule has 0 aliphatic heterocycles. The van der Waals surface area contributed by atoms with Crippen LogP contribution >= 0.6 is 11.6 Å². The molecule has 2 nitrogen and oxygen atoms in total. The van der Waals surface area contributed by atoms with Gasteiger partial charge in [-0.05, 0) is 55.6 Å². The quantitative estimate of drug-likeness (QED) is 0.839. The Balaban J connectivity index is 2.11. The van der Waals surface area contributed by atoms with Gasteiger partial charge in [-0.15, -0.1) is 0 Å². The first kappa shape index (κ1) is 14.2. The lowest BCUT2D eigenvalue weighted by molar-refractivity contribution is 0.411. The molecule has 1 aromatic heterocycles. The summed E-state index contributed by atoms with van der Waals surface area (Å²) >= 11 is 5.87. The van der Waals surface area contributed by atoms with Crippen molar-refractivity contribution in [2.24, 2.45) is 0 Å². The van der Waals surface area contributed by atoms with Gasteiger partial charge in [0.1, 0.15) is 5.76 Å². The van der Waals surface area contributed by atoms with Gasteiger partial charge in [-0.3, -0.25) is 0 Å². The molecule has 1 unspecified atom stereocenters. The van der Waals surface area contributed by atoms with Crippen LogP contribution in [0.1, 0.15) is 36.3 Å². The minimum atomic E-state index is 0.176. The van der Waals surface area contributed by atoms with Crippen molar-refractivity contribution in [1.82, 2.24) is 5.32 Å². The van der Waals surface area contributed by atoms with Gasteiger partial charge >= 0.3 is 0 Å². The molecule has 1 N–H and O–H groups in total. The lowest BCUT2D eigenvalue weighted by atomic mass is 10.0. The molecule has 1 atom stereocenters. The summed E-state index contributed by atoms with van der Waals surface area (Å²) in [5.74, 6) is 0.902. The first-order valence-corrected chi connectivity index (χ1v) is 7.11. The van der Waals surface area contributed by atoms with Crippen molar-refractivity contribution in [3.05, 3.63) is 58.5 Å². The van der Waals surface area contributed by atoms with Gasteiger partial charge in [0.2, 0.25) is 0 Å². The summed E-state index contributed by atoms with van der Waals surface area (Å²) in [5.41, 5.74) is 2.58. The van der Waals surface area contributed by atoms with Crippen LogP contribution in [-0.2, 0) is 6.42 Å². The van der Waals surface area contributed by atoms with E-state index in [9.17, 15) is 0 Å². The van der Waals surface area contributed by atoms with Gasteiger partial charge in [-0.2, -0.15) is 0 Å². The predicted octanol–water partition coefficient (Wildman–Crippen LogP) is 4.52. The van der Waals surface area contributed by atoms with Crippen molar-refractivity contribution in [2.75, 3.05) is 6.54 Å². The second-order valence-electron chi connectivity index (χ2n) is 4.84.